The van der Waals surface area contributed by atoms with E-state index in [1.807, 2.05) is 38.1 Å². The van der Waals surface area contributed by atoms with Crippen molar-refractivity contribution in [3.8, 4) is 0 Å². The third-order valence-corrected chi connectivity index (χ3v) is 3.92. The van der Waals surface area contributed by atoms with Gasteiger partial charge in [0.25, 0.3) is 0 Å². The second kappa shape index (κ2) is 8.26. The molecule has 2 aromatic carbocycles. The molecule has 0 heterocycles. The fourth-order valence-electron chi connectivity index (χ4n) is 2.46. The molecule has 3 N–H and O–H groups in total. The lowest BCUT2D eigenvalue weighted by molar-refractivity contribution is -0.136. The Morgan fingerprint density at radius 2 is 1.71 bits per heavy atom. The summed E-state index contributed by atoms with van der Waals surface area (Å²) < 4.78 is 0. The molecule has 0 aliphatic rings. The predicted molar refractivity (Wildman–Crippen MR) is 93.4 cm³/mol. The van der Waals surface area contributed by atoms with Gasteiger partial charge in [-0.25, -0.2) is 0 Å². The van der Waals surface area contributed by atoms with E-state index < -0.39 is 11.8 Å². The maximum absolute atomic E-state index is 12.0. The van der Waals surface area contributed by atoms with Crippen LogP contribution < -0.4 is 10.6 Å². The van der Waals surface area contributed by atoms with Crippen LogP contribution >= 0.6 is 0 Å². The second-order valence-electron chi connectivity index (χ2n) is 5.56. The normalized spacial score (nSPS) is 10.3. The highest BCUT2D eigenvalue weighted by molar-refractivity contribution is 6.39. The Morgan fingerprint density at radius 3 is 2.38 bits per heavy atom. The molecule has 0 saturated heterocycles. The minimum atomic E-state index is -0.707. The SMILES string of the molecule is CCc1cc(NC(=O)C(=O)NCc2ccccc2CO)ccc1C. The average Bonchev–Trinajstić information content (AvgIpc) is 2.61. The van der Waals surface area contributed by atoms with Gasteiger partial charge >= 0.3 is 11.8 Å². The molecule has 5 heteroatoms. The molecule has 0 fully saturated rings. The maximum Gasteiger partial charge on any atom is 0.313 e. The number of hydrogen-bond donors (Lipinski definition) is 3. The molecule has 0 aromatic heterocycles. The summed E-state index contributed by atoms with van der Waals surface area (Å²) >= 11 is 0. The molecule has 2 aromatic rings. The zero-order chi connectivity index (χ0) is 17.5. The predicted octanol–water partition coefficient (Wildman–Crippen LogP) is 2.30. The Balaban J connectivity index is 1.96. The second-order valence-corrected chi connectivity index (χ2v) is 5.56. The van der Waals surface area contributed by atoms with Crippen molar-refractivity contribution < 1.29 is 14.7 Å². The Bertz CT molecular complexity index is 741. The van der Waals surface area contributed by atoms with Crippen molar-refractivity contribution in [2.75, 3.05) is 5.32 Å². The Labute approximate surface area is 141 Å². The lowest BCUT2D eigenvalue weighted by atomic mass is 10.1. The van der Waals surface area contributed by atoms with Gasteiger partial charge in [-0.05, 0) is 47.7 Å². The Hall–Kier alpha value is -2.66. The Morgan fingerprint density at radius 1 is 1.00 bits per heavy atom. The van der Waals surface area contributed by atoms with E-state index in [0.29, 0.717) is 5.69 Å². The molecular weight excluding hydrogens is 304 g/mol. The van der Waals surface area contributed by atoms with Gasteiger partial charge in [-0.15, -0.1) is 0 Å². The fourth-order valence-corrected chi connectivity index (χ4v) is 2.46. The number of benzene rings is 2. The highest BCUT2D eigenvalue weighted by Crippen LogP contribution is 2.15. The largest absolute Gasteiger partial charge is 0.392 e. The van der Waals surface area contributed by atoms with Crippen LogP contribution in [0.25, 0.3) is 0 Å². The molecule has 0 aliphatic carbocycles. The summed E-state index contributed by atoms with van der Waals surface area (Å²) in [5.41, 5.74) is 4.40. The van der Waals surface area contributed by atoms with E-state index in [1.54, 1.807) is 18.2 Å². The number of aryl methyl sites for hydroxylation is 2. The van der Waals surface area contributed by atoms with E-state index in [2.05, 4.69) is 10.6 Å². The number of nitrogens with one attached hydrogen (secondary N) is 2. The van der Waals surface area contributed by atoms with Crippen LogP contribution in [0.4, 0.5) is 5.69 Å². The van der Waals surface area contributed by atoms with Crippen molar-refractivity contribution in [1.29, 1.82) is 0 Å². The summed E-state index contributed by atoms with van der Waals surface area (Å²) in [6.45, 7) is 4.13. The number of carbonyl (C=O) groups excluding carboxylic acids is 2. The number of amides is 2. The molecular formula is C19H22N2O3. The number of carbonyl (C=O) groups is 2. The minimum Gasteiger partial charge on any atom is -0.392 e. The van der Waals surface area contributed by atoms with Crippen LogP contribution in [0.2, 0.25) is 0 Å². The number of anilines is 1. The van der Waals surface area contributed by atoms with Gasteiger partial charge in [0.05, 0.1) is 6.61 Å². The molecule has 0 saturated carbocycles. The molecule has 0 bridgehead atoms. The topological polar surface area (TPSA) is 78.4 Å². The summed E-state index contributed by atoms with van der Waals surface area (Å²) in [5, 5.41) is 14.4. The highest BCUT2D eigenvalue weighted by Gasteiger charge is 2.14. The van der Waals surface area contributed by atoms with Gasteiger partial charge < -0.3 is 15.7 Å². The van der Waals surface area contributed by atoms with Crippen LogP contribution in [0.3, 0.4) is 0 Å². The van der Waals surface area contributed by atoms with E-state index in [0.717, 1.165) is 28.7 Å². The first-order valence-corrected chi connectivity index (χ1v) is 7.91. The summed E-state index contributed by atoms with van der Waals surface area (Å²) in [6, 6.07) is 12.8. The van der Waals surface area contributed by atoms with Crippen LogP contribution in [0.5, 0.6) is 0 Å². The number of aliphatic hydroxyl groups excluding tert-OH is 1. The smallest absolute Gasteiger partial charge is 0.313 e. The van der Waals surface area contributed by atoms with Crippen LogP contribution in [-0.4, -0.2) is 16.9 Å². The van der Waals surface area contributed by atoms with E-state index in [4.69, 9.17) is 0 Å². The maximum atomic E-state index is 12.0. The Kier molecular flexibility index (Phi) is 6.09. The minimum absolute atomic E-state index is 0.110. The van der Waals surface area contributed by atoms with Gasteiger partial charge in [0, 0.05) is 12.2 Å². The third-order valence-electron chi connectivity index (χ3n) is 3.92. The number of hydrogen-bond acceptors (Lipinski definition) is 3. The van der Waals surface area contributed by atoms with Gasteiger partial charge in [0.1, 0.15) is 0 Å². The molecule has 0 atom stereocenters. The molecule has 24 heavy (non-hydrogen) atoms. The molecule has 0 aliphatic heterocycles. The third kappa shape index (κ3) is 4.43. The summed E-state index contributed by atoms with van der Waals surface area (Å²) in [6.07, 6.45) is 0.861. The van der Waals surface area contributed by atoms with Crippen LogP contribution in [0.15, 0.2) is 42.5 Å². The van der Waals surface area contributed by atoms with Gasteiger partial charge in [0.2, 0.25) is 0 Å². The summed E-state index contributed by atoms with van der Waals surface area (Å²) in [7, 11) is 0. The van der Waals surface area contributed by atoms with Crippen molar-refractivity contribution in [2.24, 2.45) is 0 Å². The van der Waals surface area contributed by atoms with Crippen molar-refractivity contribution >= 4 is 17.5 Å². The lowest BCUT2D eigenvalue weighted by Crippen LogP contribution is -2.35. The van der Waals surface area contributed by atoms with E-state index in [9.17, 15) is 14.7 Å². The average molecular weight is 326 g/mol. The van der Waals surface area contributed by atoms with Crippen LogP contribution in [-0.2, 0) is 29.2 Å². The zero-order valence-corrected chi connectivity index (χ0v) is 13.9. The zero-order valence-electron chi connectivity index (χ0n) is 13.9. The van der Waals surface area contributed by atoms with Crippen LogP contribution in [0.1, 0.15) is 29.2 Å². The number of aliphatic hydroxyl groups is 1. The lowest BCUT2D eigenvalue weighted by Gasteiger charge is -2.10. The first-order chi connectivity index (χ1) is 11.5. The fraction of sp³-hybridized carbons (Fsp3) is 0.263. The number of rotatable bonds is 5. The van der Waals surface area contributed by atoms with E-state index >= 15 is 0 Å². The molecule has 0 spiro atoms. The van der Waals surface area contributed by atoms with Crippen molar-refractivity contribution in [2.45, 2.75) is 33.4 Å². The molecule has 5 nitrogen and oxygen atoms in total. The quantitative estimate of drug-likeness (QED) is 0.738. The first kappa shape index (κ1) is 17.7. The molecule has 0 radical (unpaired) electrons. The van der Waals surface area contributed by atoms with Crippen molar-refractivity contribution in [3.05, 3.63) is 64.7 Å². The molecule has 2 amide bonds. The van der Waals surface area contributed by atoms with Gasteiger partial charge in [-0.1, -0.05) is 37.3 Å². The van der Waals surface area contributed by atoms with Crippen molar-refractivity contribution in [3.63, 3.8) is 0 Å². The molecule has 2 rings (SSSR count). The van der Waals surface area contributed by atoms with E-state index in [-0.39, 0.29) is 13.2 Å². The van der Waals surface area contributed by atoms with E-state index in [1.165, 1.54) is 0 Å². The molecule has 126 valence electrons. The van der Waals surface area contributed by atoms with Gasteiger partial charge in [0.15, 0.2) is 0 Å². The summed E-state index contributed by atoms with van der Waals surface area (Å²) in [5.74, 6) is -1.41. The summed E-state index contributed by atoms with van der Waals surface area (Å²) in [4.78, 5) is 24.0. The standard InChI is InChI=1S/C19H22N2O3/c1-3-14-10-17(9-8-13(14)2)21-19(24)18(23)20-11-15-6-4-5-7-16(15)12-22/h4-10,22H,3,11-12H2,1-2H3,(H,20,23)(H,21,24). The first-order valence-electron chi connectivity index (χ1n) is 7.91. The molecule has 0 unspecified atom stereocenters. The van der Waals surface area contributed by atoms with Gasteiger partial charge in [-0.2, -0.15) is 0 Å². The highest BCUT2D eigenvalue weighted by atomic mass is 16.3. The van der Waals surface area contributed by atoms with Crippen molar-refractivity contribution in [1.82, 2.24) is 5.32 Å². The van der Waals surface area contributed by atoms with Gasteiger partial charge in [-0.3, -0.25) is 9.59 Å². The monoisotopic (exact) mass is 326 g/mol. The van der Waals surface area contributed by atoms with Crippen LogP contribution in [0, 0.1) is 6.92 Å².